The molecule has 0 aromatic heterocycles. The Kier molecular flexibility index (Phi) is 2.20. The van der Waals surface area contributed by atoms with Crippen molar-refractivity contribution < 1.29 is 4.74 Å². The molecule has 2 nitrogen and oxygen atoms in total. The number of benzene rings is 1. The lowest BCUT2D eigenvalue weighted by atomic mass is 10.1. The van der Waals surface area contributed by atoms with E-state index in [1.807, 2.05) is 27.1 Å². The van der Waals surface area contributed by atoms with Gasteiger partial charge in [0, 0.05) is 25.3 Å². The van der Waals surface area contributed by atoms with Gasteiger partial charge in [-0.15, -0.1) is 0 Å². The number of fused-ring (bicyclic) bond motifs is 1. The van der Waals surface area contributed by atoms with Crippen molar-refractivity contribution in [2.45, 2.75) is 13.0 Å². The zero-order valence-corrected chi connectivity index (χ0v) is 8.82. The number of hydrogen-bond donors (Lipinski definition) is 0. The summed E-state index contributed by atoms with van der Waals surface area (Å²) in [6.45, 7) is 2.04. The summed E-state index contributed by atoms with van der Waals surface area (Å²) in [6, 6.07) is 6.24. The van der Waals surface area contributed by atoms with Gasteiger partial charge in [0.1, 0.15) is 11.9 Å². The maximum Gasteiger partial charge on any atom is 0.127 e. The van der Waals surface area contributed by atoms with Gasteiger partial charge in [-0.1, -0.05) is 6.08 Å². The molecule has 0 N–H and O–H groups in total. The van der Waals surface area contributed by atoms with Gasteiger partial charge in [-0.05, 0) is 31.2 Å². The zero-order chi connectivity index (χ0) is 10.1. The molecule has 2 heteroatoms. The van der Waals surface area contributed by atoms with Crippen molar-refractivity contribution in [3.05, 3.63) is 29.8 Å². The number of nitrogens with zero attached hydrogens (tertiary/aromatic N) is 1. The van der Waals surface area contributed by atoms with Crippen molar-refractivity contribution in [2.75, 3.05) is 19.0 Å². The van der Waals surface area contributed by atoms with Gasteiger partial charge in [-0.2, -0.15) is 0 Å². The first-order chi connectivity index (χ1) is 6.66. The van der Waals surface area contributed by atoms with E-state index in [0.29, 0.717) is 0 Å². The highest BCUT2D eigenvalue weighted by Gasteiger charge is 2.10. The van der Waals surface area contributed by atoms with E-state index in [1.54, 1.807) is 0 Å². The minimum absolute atomic E-state index is 0.188. The zero-order valence-electron chi connectivity index (χ0n) is 8.82. The fourth-order valence-corrected chi connectivity index (χ4v) is 1.53. The molecule has 0 saturated heterocycles. The Balaban J connectivity index is 2.39. The van der Waals surface area contributed by atoms with Crippen molar-refractivity contribution in [2.24, 2.45) is 0 Å². The van der Waals surface area contributed by atoms with Crippen molar-refractivity contribution >= 4 is 11.8 Å². The molecule has 1 heterocycles. The quantitative estimate of drug-likeness (QED) is 0.673. The van der Waals surface area contributed by atoms with Crippen LogP contribution in [0.4, 0.5) is 5.69 Å². The highest BCUT2D eigenvalue weighted by molar-refractivity contribution is 5.65. The Labute approximate surface area is 84.8 Å². The molecule has 1 aliphatic heterocycles. The third-order valence-electron chi connectivity index (χ3n) is 2.37. The lowest BCUT2D eigenvalue weighted by Gasteiger charge is -2.20. The van der Waals surface area contributed by atoms with Gasteiger partial charge >= 0.3 is 0 Å². The summed E-state index contributed by atoms with van der Waals surface area (Å²) in [5, 5.41) is 0. The van der Waals surface area contributed by atoms with Crippen molar-refractivity contribution in [1.29, 1.82) is 0 Å². The molecule has 0 bridgehead atoms. The molecule has 0 saturated carbocycles. The Morgan fingerprint density at radius 3 is 2.79 bits per heavy atom. The number of anilines is 1. The van der Waals surface area contributed by atoms with Gasteiger partial charge in [0.05, 0.1) is 0 Å². The van der Waals surface area contributed by atoms with Crippen LogP contribution in [0.15, 0.2) is 24.3 Å². The number of ether oxygens (including phenoxy) is 1. The van der Waals surface area contributed by atoms with Crippen LogP contribution in [0, 0.1) is 0 Å². The lowest BCUT2D eigenvalue weighted by Crippen LogP contribution is -2.13. The third kappa shape index (κ3) is 1.60. The maximum atomic E-state index is 5.66. The highest BCUT2D eigenvalue weighted by Crippen LogP contribution is 2.29. The summed E-state index contributed by atoms with van der Waals surface area (Å²) >= 11 is 0. The highest BCUT2D eigenvalue weighted by atomic mass is 16.5. The predicted molar refractivity (Wildman–Crippen MR) is 59.9 cm³/mol. The molecule has 0 radical (unpaired) electrons. The molecule has 0 spiro atoms. The molecule has 1 aliphatic rings. The normalized spacial score (nSPS) is 18.6. The second-order valence-electron chi connectivity index (χ2n) is 3.80. The van der Waals surface area contributed by atoms with Crippen LogP contribution in [-0.4, -0.2) is 20.2 Å². The molecule has 14 heavy (non-hydrogen) atoms. The van der Waals surface area contributed by atoms with E-state index in [-0.39, 0.29) is 6.10 Å². The van der Waals surface area contributed by atoms with Crippen LogP contribution in [0.5, 0.6) is 5.75 Å². The van der Waals surface area contributed by atoms with Crippen molar-refractivity contribution in [1.82, 2.24) is 0 Å². The summed E-state index contributed by atoms with van der Waals surface area (Å²) in [4.78, 5) is 2.09. The van der Waals surface area contributed by atoms with Gasteiger partial charge in [-0.25, -0.2) is 0 Å². The topological polar surface area (TPSA) is 12.5 Å². The van der Waals surface area contributed by atoms with E-state index in [1.165, 1.54) is 5.69 Å². The SMILES string of the molecule is CC1C=Cc2cc(N(C)C)ccc2O1. The third-order valence-corrected chi connectivity index (χ3v) is 2.37. The average Bonchev–Trinajstić information content (AvgIpc) is 2.16. The molecular formula is C12H15NO. The van der Waals surface area contributed by atoms with E-state index < -0.39 is 0 Å². The summed E-state index contributed by atoms with van der Waals surface area (Å²) in [5.74, 6) is 0.977. The van der Waals surface area contributed by atoms with Crippen LogP contribution in [0.1, 0.15) is 12.5 Å². The monoisotopic (exact) mass is 189 g/mol. The van der Waals surface area contributed by atoms with Crippen molar-refractivity contribution in [3.8, 4) is 5.75 Å². The molecule has 0 aliphatic carbocycles. The summed E-state index contributed by atoms with van der Waals surface area (Å²) < 4.78 is 5.66. The second kappa shape index (κ2) is 3.37. The Morgan fingerprint density at radius 1 is 1.29 bits per heavy atom. The van der Waals surface area contributed by atoms with E-state index in [9.17, 15) is 0 Å². The minimum atomic E-state index is 0.188. The van der Waals surface area contributed by atoms with Crippen LogP contribution in [0.3, 0.4) is 0 Å². The van der Waals surface area contributed by atoms with Crippen molar-refractivity contribution in [3.63, 3.8) is 0 Å². The Bertz CT molecular complexity index is 369. The average molecular weight is 189 g/mol. The second-order valence-corrected chi connectivity index (χ2v) is 3.80. The van der Waals surface area contributed by atoms with Gasteiger partial charge in [-0.3, -0.25) is 0 Å². The van der Waals surface area contributed by atoms with E-state index in [2.05, 4.69) is 29.2 Å². The summed E-state index contributed by atoms with van der Waals surface area (Å²) in [6.07, 6.45) is 4.38. The minimum Gasteiger partial charge on any atom is -0.486 e. The van der Waals surface area contributed by atoms with E-state index >= 15 is 0 Å². The largest absolute Gasteiger partial charge is 0.486 e. The smallest absolute Gasteiger partial charge is 0.127 e. The van der Waals surface area contributed by atoms with Gasteiger partial charge < -0.3 is 9.64 Å². The molecule has 2 rings (SSSR count). The number of hydrogen-bond acceptors (Lipinski definition) is 2. The van der Waals surface area contributed by atoms with Gasteiger partial charge in [0.15, 0.2) is 0 Å². The number of rotatable bonds is 1. The predicted octanol–water partition coefficient (Wildman–Crippen LogP) is 2.55. The molecule has 1 aromatic carbocycles. The van der Waals surface area contributed by atoms with Crippen LogP contribution in [0.25, 0.3) is 6.08 Å². The molecule has 1 aromatic rings. The molecule has 0 amide bonds. The fraction of sp³-hybridized carbons (Fsp3) is 0.333. The molecule has 74 valence electrons. The first kappa shape index (κ1) is 9.13. The summed E-state index contributed by atoms with van der Waals surface area (Å²) in [7, 11) is 4.08. The molecule has 1 unspecified atom stereocenters. The standard InChI is InChI=1S/C12H15NO/c1-9-4-5-10-8-11(13(2)3)6-7-12(10)14-9/h4-9H,1-3H3. The van der Waals surface area contributed by atoms with Crippen LogP contribution in [-0.2, 0) is 0 Å². The van der Waals surface area contributed by atoms with Crippen LogP contribution in [0.2, 0.25) is 0 Å². The van der Waals surface area contributed by atoms with Gasteiger partial charge in [0.25, 0.3) is 0 Å². The lowest BCUT2D eigenvalue weighted by molar-refractivity contribution is 0.266. The molecule has 1 atom stereocenters. The Morgan fingerprint density at radius 2 is 2.07 bits per heavy atom. The first-order valence-electron chi connectivity index (χ1n) is 4.83. The fourth-order valence-electron chi connectivity index (χ4n) is 1.53. The van der Waals surface area contributed by atoms with E-state index in [4.69, 9.17) is 4.74 Å². The maximum absolute atomic E-state index is 5.66. The van der Waals surface area contributed by atoms with E-state index in [0.717, 1.165) is 11.3 Å². The van der Waals surface area contributed by atoms with Crippen LogP contribution >= 0.6 is 0 Å². The Hall–Kier alpha value is -1.44. The van der Waals surface area contributed by atoms with Crippen LogP contribution < -0.4 is 9.64 Å². The van der Waals surface area contributed by atoms with Gasteiger partial charge in [0.2, 0.25) is 0 Å². The molecule has 0 fully saturated rings. The first-order valence-corrected chi connectivity index (χ1v) is 4.83. The summed E-state index contributed by atoms with van der Waals surface area (Å²) in [5.41, 5.74) is 2.36. The molecular weight excluding hydrogens is 174 g/mol.